The minimum absolute atomic E-state index is 0.00225. The zero-order valence-electron chi connectivity index (χ0n) is 54.2. The van der Waals surface area contributed by atoms with Crippen molar-refractivity contribution in [2.75, 3.05) is 118 Å². The van der Waals surface area contributed by atoms with E-state index in [-0.39, 0.29) is 162 Å². The van der Waals surface area contributed by atoms with E-state index in [1.54, 1.807) is 50.8 Å². The largest absolute Gasteiger partial charge is 0.508 e. The number of aromatic hydroxyl groups is 1. The number of aliphatic imine (C=N–C) groups is 1. The smallest absolute Gasteiger partial charge is 0.344 e. The van der Waals surface area contributed by atoms with Crippen molar-refractivity contribution in [2.24, 2.45) is 10.7 Å². The molecular weight excluding hydrogens is 1280 g/mol. The first-order valence-corrected chi connectivity index (χ1v) is 31.9. The number of nitrogens with zero attached hydrogens (tertiary/aromatic N) is 6. The summed E-state index contributed by atoms with van der Waals surface area (Å²) >= 11 is 0. The van der Waals surface area contributed by atoms with Crippen LogP contribution in [-0.2, 0) is 67.6 Å². The predicted molar refractivity (Wildman–Crippen MR) is 345 cm³/mol. The van der Waals surface area contributed by atoms with E-state index in [0.29, 0.717) is 43.0 Å². The fourth-order valence-corrected chi connectivity index (χ4v) is 10.6. The van der Waals surface area contributed by atoms with Gasteiger partial charge in [-0.1, -0.05) is 43.3 Å². The number of hydrogen-bond donors (Lipinski definition) is 14. The van der Waals surface area contributed by atoms with Gasteiger partial charge in [0.2, 0.25) is 35.4 Å². The van der Waals surface area contributed by atoms with Crippen LogP contribution in [0.15, 0.2) is 65.7 Å². The van der Waals surface area contributed by atoms with Gasteiger partial charge in [0.05, 0.1) is 26.2 Å². The van der Waals surface area contributed by atoms with Crippen LogP contribution < -0.4 is 53.0 Å². The highest BCUT2D eigenvalue weighted by atomic mass is 19.1. The van der Waals surface area contributed by atoms with E-state index in [0.717, 1.165) is 11.1 Å². The minimum atomic E-state index is -1.27. The van der Waals surface area contributed by atoms with Gasteiger partial charge in [0.25, 0.3) is 0 Å². The third-order valence-electron chi connectivity index (χ3n) is 15.7. The van der Waals surface area contributed by atoms with Crippen LogP contribution in [0.25, 0.3) is 0 Å². The molecule has 0 aliphatic carbocycles. The van der Waals surface area contributed by atoms with Crippen molar-refractivity contribution < 1.29 is 91.8 Å². The number of benzene rings is 3. The van der Waals surface area contributed by atoms with Crippen LogP contribution in [-0.4, -0.2) is 251 Å². The van der Waals surface area contributed by atoms with Crippen molar-refractivity contribution in [3.8, 4) is 11.5 Å². The monoisotopic (exact) mass is 1370 g/mol. The van der Waals surface area contributed by atoms with Crippen molar-refractivity contribution >= 4 is 71.3 Å². The van der Waals surface area contributed by atoms with Gasteiger partial charge < -0.3 is 78.5 Å². The normalized spacial score (nSPS) is 15.4. The summed E-state index contributed by atoms with van der Waals surface area (Å²) in [5, 5.41) is 69.6. The van der Waals surface area contributed by atoms with E-state index in [9.17, 15) is 87.1 Å². The van der Waals surface area contributed by atoms with Crippen LogP contribution in [0.2, 0.25) is 0 Å². The van der Waals surface area contributed by atoms with Crippen LogP contribution in [0, 0.1) is 11.6 Å². The SMILES string of the molecule is CCC(=O)NCCNC(=O)/N=C(/N)NCCC[C@@H](NC(=O)[C@H](c1ccc(OCCCNC(=O)CCC(=O)NCCNC(=O)CCC(C(=O)O)N2CCN(CC(=O)O)CCN(CC(=O)O)CCN(CC(=O)O)CC2)cc1)N1Cc2ccccc2C1)C(=O)NCc1c(F)cc(O)cc1F. The number of nitrogens with one attached hydrogen (secondary N) is 8. The fourth-order valence-electron chi connectivity index (χ4n) is 10.6. The first-order valence-electron chi connectivity index (χ1n) is 31.9. The van der Waals surface area contributed by atoms with E-state index < -0.39 is 120 Å². The summed E-state index contributed by atoms with van der Waals surface area (Å²) in [7, 11) is 0. The van der Waals surface area contributed by atoms with Gasteiger partial charge in [-0.2, -0.15) is 4.99 Å². The molecule has 3 atom stereocenters. The molecule has 0 bridgehead atoms. The highest BCUT2D eigenvalue weighted by Crippen LogP contribution is 2.33. The number of aliphatic carboxylic acids is 4. The van der Waals surface area contributed by atoms with Crippen molar-refractivity contribution in [1.82, 2.24) is 67.0 Å². The van der Waals surface area contributed by atoms with Crippen molar-refractivity contribution in [3.63, 3.8) is 0 Å². The average molecular weight is 1370 g/mol. The van der Waals surface area contributed by atoms with Crippen molar-refractivity contribution in [1.29, 1.82) is 0 Å². The molecule has 3 aromatic carbocycles. The van der Waals surface area contributed by atoms with E-state index in [4.69, 9.17) is 10.5 Å². The van der Waals surface area contributed by atoms with Crippen LogP contribution in [0.3, 0.4) is 0 Å². The molecular formula is C63H89F2N15O17. The number of hydrogen-bond acceptors (Lipinski definition) is 18. The zero-order valence-corrected chi connectivity index (χ0v) is 54.2. The topological polar surface area (TPSA) is 449 Å². The number of carbonyl (C=O) groups excluding carboxylic acids is 7. The number of carboxylic acids is 4. The summed E-state index contributed by atoms with van der Waals surface area (Å²) in [6, 6.07) is 11.5. The lowest BCUT2D eigenvalue weighted by Gasteiger charge is -2.35. The number of nitrogens with two attached hydrogens (primary N) is 1. The van der Waals surface area contributed by atoms with Crippen LogP contribution in [0.1, 0.15) is 86.6 Å². The molecule has 2 heterocycles. The summed E-state index contributed by atoms with van der Waals surface area (Å²) in [5.41, 5.74) is 7.89. The first-order chi connectivity index (χ1) is 46.4. The second kappa shape index (κ2) is 41.3. The Labute approximate surface area is 559 Å². The quantitative estimate of drug-likeness (QED) is 0.0188. The van der Waals surface area contributed by atoms with Crippen molar-refractivity contribution in [3.05, 3.63) is 94.6 Å². The zero-order chi connectivity index (χ0) is 70.8. The number of phenols is 1. The molecule has 1 fully saturated rings. The van der Waals surface area contributed by atoms with E-state index in [1.165, 1.54) is 0 Å². The van der Waals surface area contributed by atoms with Crippen molar-refractivity contribution in [2.45, 2.75) is 96.1 Å². The van der Waals surface area contributed by atoms with Gasteiger partial charge in [0.15, 0.2) is 5.96 Å². The number of phenolic OH excluding ortho intramolecular Hbond substituents is 1. The molecule has 3 aromatic rings. The van der Waals surface area contributed by atoms with Gasteiger partial charge >= 0.3 is 29.9 Å². The second-order valence-corrected chi connectivity index (χ2v) is 23.0. The lowest BCUT2D eigenvalue weighted by Crippen LogP contribution is -2.52. The Bertz CT molecular complexity index is 3120. The minimum Gasteiger partial charge on any atom is -0.508 e. The summed E-state index contributed by atoms with van der Waals surface area (Å²) in [4.78, 5) is 150. The number of urea groups is 1. The van der Waals surface area contributed by atoms with Gasteiger partial charge in [-0.05, 0) is 54.5 Å². The third-order valence-corrected chi connectivity index (χ3v) is 15.7. The number of guanidine groups is 1. The molecule has 15 N–H and O–H groups in total. The maximum Gasteiger partial charge on any atom is 0.344 e. The third kappa shape index (κ3) is 29.1. The van der Waals surface area contributed by atoms with Gasteiger partial charge in [-0.15, -0.1) is 0 Å². The molecule has 2 aliphatic rings. The Balaban J connectivity index is 1.08. The Morgan fingerprint density at radius 1 is 0.567 bits per heavy atom. The van der Waals surface area contributed by atoms with Gasteiger partial charge in [-0.3, -0.25) is 72.4 Å². The molecule has 8 amide bonds. The highest BCUT2D eigenvalue weighted by Gasteiger charge is 2.35. The van der Waals surface area contributed by atoms with Crippen LogP contribution >= 0.6 is 0 Å². The lowest BCUT2D eigenvalue weighted by molar-refractivity contribution is -0.145. The standard InChI is InChI=1S/C63H89F2N15O17/c1-2-51(82)68-22-23-72-63(96)75-62(66)71-18-5-9-49(59(92)73-35-46-47(64)33-44(81)34-48(46)65)74-60(93)58(80-36-42-7-3-4-8-43(42)37-80)41-10-12-45(13-11-41)97-32-6-19-67-53(84)16-17-54(85)70-21-20-69-52(83)15-14-50(61(94)95)79-30-28-77(39-56(88)89)26-24-76(38-55(86)87)25-27-78(29-31-79)40-57(90)91/h3-4,7-8,10-13,33-34,49-50,58,81H,2,5-6,9,14-32,35-40H2,1H3,(H,67,84)(H,68,82)(H,69,83)(H,70,85)(H,73,92)(H,74,93)(H,86,87)(H,88,89)(H,90,91)(H,94,95)(H4,66,71,72,75,96)/t49-,50?,58+/m1/s1. The first kappa shape index (κ1) is 78.1. The number of carbonyl (C=O) groups is 11. The Kier molecular flexibility index (Phi) is 33.3. The fraction of sp³-hybridized carbons (Fsp3) is 0.524. The molecule has 0 aromatic heterocycles. The molecule has 34 heteroatoms. The summed E-state index contributed by atoms with van der Waals surface area (Å²) in [6.45, 7) is 2.22. The number of ether oxygens (including phenoxy) is 1. The van der Waals surface area contributed by atoms with E-state index >= 15 is 0 Å². The molecule has 1 unspecified atom stereocenters. The number of carboxylic acid groups (broad SMARTS) is 4. The molecule has 0 saturated carbocycles. The Morgan fingerprint density at radius 2 is 1.05 bits per heavy atom. The van der Waals surface area contributed by atoms with E-state index in [2.05, 4.69) is 47.5 Å². The number of halogens is 2. The predicted octanol–water partition coefficient (Wildman–Crippen LogP) is -0.945. The number of rotatable bonds is 37. The summed E-state index contributed by atoms with van der Waals surface area (Å²) in [6.07, 6.45) is 0.0876. The molecule has 1 saturated heterocycles. The number of fused-ring (bicyclic) bond motifs is 1. The molecule has 532 valence electrons. The van der Waals surface area contributed by atoms with Gasteiger partial charge in [0.1, 0.15) is 41.3 Å². The number of amides is 8. The van der Waals surface area contributed by atoms with Gasteiger partial charge in [0, 0.05) is 155 Å². The molecule has 0 radical (unpaired) electrons. The Morgan fingerprint density at radius 3 is 1.57 bits per heavy atom. The molecule has 32 nitrogen and oxygen atoms in total. The maximum absolute atomic E-state index is 14.7. The lowest BCUT2D eigenvalue weighted by atomic mass is 10.0. The second-order valence-electron chi connectivity index (χ2n) is 23.0. The summed E-state index contributed by atoms with van der Waals surface area (Å²) < 4.78 is 35.4. The highest BCUT2D eigenvalue weighted by molar-refractivity contribution is 5.92. The Hall–Kier alpha value is -9.64. The van der Waals surface area contributed by atoms with Crippen LogP contribution in [0.5, 0.6) is 11.5 Å². The van der Waals surface area contributed by atoms with Crippen LogP contribution in [0.4, 0.5) is 13.6 Å². The molecule has 0 spiro atoms. The molecule has 2 aliphatic heterocycles. The molecule has 97 heavy (non-hydrogen) atoms. The van der Waals surface area contributed by atoms with Gasteiger partial charge in [-0.25, -0.2) is 13.6 Å². The average Bonchev–Trinajstić information content (AvgIpc) is 1.69. The summed E-state index contributed by atoms with van der Waals surface area (Å²) in [5.74, 6) is -10.2. The van der Waals surface area contributed by atoms with E-state index in [1.807, 2.05) is 29.2 Å². The maximum atomic E-state index is 14.7. The molecule has 5 rings (SSSR count).